The van der Waals surface area contributed by atoms with E-state index in [0.29, 0.717) is 6.61 Å². The summed E-state index contributed by atoms with van der Waals surface area (Å²) in [5.41, 5.74) is 1.81. The summed E-state index contributed by atoms with van der Waals surface area (Å²) in [6.07, 6.45) is 0.799. The lowest BCUT2D eigenvalue weighted by Gasteiger charge is -1.93. The lowest BCUT2D eigenvalue weighted by Crippen LogP contribution is -1.94. The van der Waals surface area contributed by atoms with Crippen molar-refractivity contribution in [3.8, 4) is 0 Å². The van der Waals surface area contributed by atoms with Gasteiger partial charge in [0.1, 0.15) is 0 Å². The number of para-hydroxylation sites is 1. The van der Waals surface area contributed by atoms with Crippen LogP contribution in [0.1, 0.15) is 5.69 Å². The van der Waals surface area contributed by atoms with Crippen LogP contribution in [0.3, 0.4) is 0 Å². The maximum Gasteiger partial charge on any atom is 0.167 e. The predicted molar refractivity (Wildman–Crippen MR) is 49.6 cm³/mol. The molecule has 2 rings (SSSR count). The molecule has 0 atom stereocenters. The van der Waals surface area contributed by atoms with Gasteiger partial charge >= 0.3 is 0 Å². The molecule has 68 valence electrons. The summed E-state index contributed by atoms with van der Waals surface area (Å²) in [6.45, 7) is 0.677. The molecular weight excluding hydrogens is 166 g/mol. The maximum absolute atomic E-state index is 5.14. The highest BCUT2D eigenvalue weighted by molar-refractivity contribution is 5.79. The van der Waals surface area contributed by atoms with Crippen LogP contribution in [0.15, 0.2) is 28.8 Å². The molecule has 13 heavy (non-hydrogen) atoms. The monoisotopic (exact) mass is 177 g/mol. The molecule has 1 aromatic carbocycles. The Labute approximate surface area is 76.3 Å². The Kier molecular flexibility index (Phi) is 2.27. The van der Waals surface area contributed by atoms with E-state index in [1.807, 2.05) is 24.3 Å². The van der Waals surface area contributed by atoms with Crippen LogP contribution < -0.4 is 0 Å². The van der Waals surface area contributed by atoms with Gasteiger partial charge in [-0.3, -0.25) is 0 Å². The number of fused-ring (bicyclic) bond motifs is 1. The van der Waals surface area contributed by atoms with Crippen LogP contribution in [-0.2, 0) is 11.2 Å². The molecule has 1 aromatic heterocycles. The molecule has 0 bridgehead atoms. The minimum Gasteiger partial charge on any atom is -0.384 e. The van der Waals surface area contributed by atoms with Crippen LogP contribution >= 0.6 is 0 Å². The summed E-state index contributed by atoms with van der Waals surface area (Å²) >= 11 is 0. The molecule has 0 saturated heterocycles. The predicted octanol–water partition coefficient (Wildman–Crippen LogP) is 2.02. The van der Waals surface area contributed by atoms with Crippen LogP contribution in [0.4, 0.5) is 0 Å². The van der Waals surface area contributed by atoms with Gasteiger partial charge in [0.25, 0.3) is 0 Å². The van der Waals surface area contributed by atoms with Crippen LogP contribution in [-0.4, -0.2) is 18.9 Å². The van der Waals surface area contributed by atoms with Crippen molar-refractivity contribution in [2.75, 3.05) is 13.7 Å². The first kappa shape index (κ1) is 8.26. The van der Waals surface area contributed by atoms with Crippen molar-refractivity contribution in [3.63, 3.8) is 0 Å². The summed E-state index contributed by atoms with van der Waals surface area (Å²) in [7, 11) is 1.68. The molecule has 0 fully saturated rings. The third-order valence-electron chi connectivity index (χ3n) is 2.00. The highest BCUT2D eigenvalue weighted by atomic mass is 16.5. The van der Waals surface area contributed by atoms with Crippen LogP contribution in [0.5, 0.6) is 0 Å². The maximum atomic E-state index is 5.14. The fourth-order valence-electron chi connectivity index (χ4n) is 1.32. The van der Waals surface area contributed by atoms with Crippen molar-refractivity contribution in [1.82, 2.24) is 5.16 Å². The van der Waals surface area contributed by atoms with E-state index in [4.69, 9.17) is 9.26 Å². The summed E-state index contributed by atoms with van der Waals surface area (Å²) in [5.74, 6) is 0. The van der Waals surface area contributed by atoms with Gasteiger partial charge in [-0.2, -0.15) is 0 Å². The Morgan fingerprint density at radius 2 is 2.23 bits per heavy atom. The number of aromatic nitrogens is 1. The van der Waals surface area contributed by atoms with Gasteiger partial charge in [-0.1, -0.05) is 17.3 Å². The number of rotatable bonds is 3. The zero-order valence-electron chi connectivity index (χ0n) is 7.49. The molecule has 2 aromatic rings. The van der Waals surface area contributed by atoms with Gasteiger partial charge in [0.15, 0.2) is 5.58 Å². The van der Waals surface area contributed by atoms with Crippen LogP contribution in [0.2, 0.25) is 0 Å². The third kappa shape index (κ3) is 1.55. The third-order valence-corrected chi connectivity index (χ3v) is 2.00. The molecule has 0 aliphatic rings. The van der Waals surface area contributed by atoms with E-state index < -0.39 is 0 Å². The van der Waals surface area contributed by atoms with Crippen molar-refractivity contribution < 1.29 is 9.26 Å². The summed E-state index contributed by atoms with van der Waals surface area (Å²) in [5, 5.41) is 5.06. The topological polar surface area (TPSA) is 35.3 Å². The van der Waals surface area contributed by atoms with Gasteiger partial charge in [-0.05, 0) is 12.1 Å². The zero-order valence-corrected chi connectivity index (χ0v) is 7.49. The fraction of sp³-hybridized carbons (Fsp3) is 0.300. The molecule has 0 amide bonds. The van der Waals surface area contributed by atoms with Gasteiger partial charge in [-0.15, -0.1) is 0 Å². The van der Waals surface area contributed by atoms with Crippen LogP contribution in [0.25, 0.3) is 11.0 Å². The summed E-state index contributed by atoms with van der Waals surface area (Å²) in [6, 6.07) is 7.85. The molecular formula is C10H11NO2. The summed E-state index contributed by atoms with van der Waals surface area (Å²) < 4.78 is 10.1. The van der Waals surface area contributed by atoms with E-state index in [1.54, 1.807) is 7.11 Å². The minimum absolute atomic E-state index is 0.677. The molecule has 3 nitrogen and oxygen atoms in total. The first-order chi connectivity index (χ1) is 6.42. The van der Waals surface area contributed by atoms with E-state index in [2.05, 4.69) is 5.16 Å². The van der Waals surface area contributed by atoms with E-state index in [1.165, 1.54) is 0 Å². The molecule has 0 N–H and O–H groups in total. The zero-order chi connectivity index (χ0) is 9.10. The highest BCUT2D eigenvalue weighted by Gasteiger charge is 2.05. The fourth-order valence-corrected chi connectivity index (χ4v) is 1.32. The van der Waals surface area contributed by atoms with E-state index in [9.17, 15) is 0 Å². The standard InChI is InChI=1S/C10H11NO2/c1-12-7-6-9-8-4-2-3-5-10(8)13-11-9/h2-5H,6-7H2,1H3. The molecule has 0 saturated carbocycles. The normalized spacial score (nSPS) is 10.8. The average molecular weight is 177 g/mol. The van der Waals surface area contributed by atoms with Gasteiger partial charge in [-0.25, -0.2) is 0 Å². The largest absolute Gasteiger partial charge is 0.384 e. The van der Waals surface area contributed by atoms with Crippen molar-refractivity contribution in [3.05, 3.63) is 30.0 Å². The Balaban J connectivity index is 2.35. The lowest BCUT2D eigenvalue weighted by atomic mass is 10.2. The SMILES string of the molecule is COCCc1noc2ccccc12. The molecule has 0 spiro atoms. The molecule has 3 heteroatoms. The Morgan fingerprint density at radius 1 is 1.38 bits per heavy atom. The first-order valence-corrected chi connectivity index (χ1v) is 4.24. The second-order valence-electron chi connectivity index (χ2n) is 2.87. The van der Waals surface area contributed by atoms with E-state index >= 15 is 0 Å². The Hall–Kier alpha value is -1.35. The molecule has 0 aliphatic heterocycles. The Morgan fingerprint density at radius 3 is 3.08 bits per heavy atom. The lowest BCUT2D eigenvalue weighted by molar-refractivity contribution is 0.200. The highest BCUT2D eigenvalue weighted by Crippen LogP contribution is 2.17. The van der Waals surface area contributed by atoms with Gasteiger partial charge in [0.2, 0.25) is 0 Å². The number of nitrogens with zero attached hydrogens (tertiary/aromatic N) is 1. The first-order valence-electron chi connectivity index (χ1n) is 4.24. The second-order valence-corrected chi connectivity index (χ2v) is 2.87. The number of benzene rings is 1. The number of hydrogen-bond donors (Lipinski definition) is 0. The van der Waals surface area contributed by atoms with Gasteiger partial charge in [0.05, 0.1) is 12.3 Å². The Bertz CT molecular complexity index is 394. The van der Waals surface area contributed by atoms with Crippen molar-refractivity contribution in [1.29, 1.82) is 0 Å². The number of methoxy groups -OCH3 is 1. The van der Waals surface area contributed by atoms with E-state index in [-0.39, 0.29) is 0 Å². The van der Waals surface area contributed by atoms with Crippen molar-refractivity contribution in [2.24, 2.45) is 0 Å². The van der Waals surface area contributed by atoms with Gasteiger partial charge in [0, 0.05) is 18.9 Å². The smallest absolute Gasteiger partial charge is 0.167 e. The van der Waals surface area contributed by atoms with Crippen molar-refractivity contribution >= 4 is 11.0 Å². The molecule has 0 unspecified atom stereocenters. The summed E-state index contributed by atoms with van der Waals surface area (Å²) in [4.78, 5) is 0. The molecule has 1 heterocycles. The number of hydrogen-bond acceptors (Lipinski definition) is 3. The minimum atomic E-state index is 0.677. The number of ether oxygens (including phenoxy) is 1. The second kappa shape index (κ2) is 3.58. The van der Waals surface area contributed by atoms with E-state index in [0.717, 1.165) is 23.1 Å². The van der Waals surface area contributed by atoms with Gasteiger partial charge < -0.3 is 9.26 Å². The molecule has 0 aliphatic carbocycles. The van der Waals surface area contributed by atoms with Crippen LogP contribution in [0, 0.1) is 0 Å². The average Bonchev–Trinajstić information content (AvgIpc) is 2.58. The quantitative estimate of drug-likeness (QED) is 0.719. The van der Waals surface area contributed by atoms with Crippen molar-refractivity contribution in [2.45, 2.75) is 6.42 Å². The molecule has 0 radical (unpaired) electrons.